The minimum atomic E-state index is -0.261. The van der Waals surface area contributed by atoms with Crippen molar-refractivity contribution in [3.8, 4) is 0 Å². The van der Waals surface area contributed by atoms with Crippen LogP contribution in [0.2, 0.25) is 0 Å². The van der Waals surface area contributed by atoms with Gasteiger partial charge in [0.25, 0.3) is 5.91 Å². The number of hydrogen-bond acceptors (Lipinski definition) is 5. The SMILES string of the molecule is CN(C)c1ccc(C(=O)NN=Cc2cccc(C=NOCc3ccccc3)c2)cc1. The first-order valence-electron chi connectivity index (χ1n) is 9.52. The monoisotopic (exact) mass is 400 g/mol. The second kappa shape index (κ2) is 10.6. The number of oxime groups is 1. The van der Waals surface area contributed by atoms with E-state index in [1.54, 1.807) is 24.6 Å². The number of anilines is 1. The molecule has 3 aromatic rings. The molecule has 6 nitrogen and oxygen atoms in total. The minimum absolute atomic E-state index is 0.261. The van der Waals surface area contributed by atoms with Crippen molar-refractivity contribution >= 4 is 24.0 Å². The number of carbonyl (C=O) groups is 1. The van der Waals surface area contributed by atoms with Gasteiger partial charge in [-0.25, -0.2) is 5.43 Å². The van der Waals surface area contributed by atoms with Gasteiger partial charge in [-0.1, -0.05) is 53.7 Å². The number of amides is 1. The topological polar surface area (TPSA) is 66.3 Å². The predicted octanol–water partition coefficient (Wildman–Crippen LogP) is 4.07. The van der Waals surface area contributed by atoms with E-state index in [9.17, 15) is 4.79 Å². The molecule has 0 saturated carbocycles. The third-order valence-electron chi connectivity index (χ3n) is 4.29. The zero-order valence-corrected chi connectivity index (χ0v) is 17.0. The van der Waals surface area contributed by atoms with Gasteiger partial charge in [-0.3, -0.25) is 4.79 Å². The molecule has 3 aromatic carbocycles. The third kappa shape index (κ3) is 6.31. The van der Waals surface area contributed by atoms with Crippen LogP contribution in [-0.4, -0.2) is 32.4 Å². The zero-order chi connectivity index (χ0) is 21.2. The first-order chi connectivity index (χ1) is 14.6. The maximum Gasteiger partial charge on any atom is 0.271 e. The summed E-state index contributed by atoms with van der Waals surface area (Å²) < 4.78 is 0. The quantitative estimate of drug-likeness (QED) is 0.458. The molecular weight excluding hydrogens is 376 g/mol. The summed E-state index contributed by atoms with van der Waals surface area (Å²) in [5.74, 6) is -0.261. The Morgan fingerprint density at radius 2 is 1.63 bits per heavy atom. The summed E-state index contributed by atoms with van der Waals surface area (Å²) in [6, 6.07) is 24.8. The van der Waals surface area contributed by atoms with Gasteiger partial charge in [0.1, 0.15) is 6.61 Å². The number of hydrogen-bond donors (Lipinski definition) is 1. The molecule has 152 valence electrons. The van der Waals surface area contributed by atoms with Crippen molar-refractivity contribution in [2.24, 2.45) is 10.3 Å². The number of nitrogens with one attached hydrogen (secondary N) is 1. The Hall–Kier alpha value is -3.93. The van der Waals surface area contributed by atoms with Gasteiger partial charge in [-0.2, -0.15) is 5.10 Å². The number of rotatable bonds is 8. The molecule has 6 heteroatoms. The molecule has 0 bridgehead atoms. The van der Waals surface area contributed by atoms with Crippen molar-refractivity contribution in [2.75, 3.05) is 19.0 Å². The summed E-state index contributed by atoms with van der Waals surface area (Å²) in [4.78, 5) is 19.5. The fraction of sp³-hybridized carbons (Fsp3) is 0.125. The average molecular weight is 400 g/mol. The van der Waals surface area contributed by atoms with E-state index in [1.165, 1.54) is 0 Å². The van der Waals surface area contributed by atoms with Crippen LogP contribution in [0.1, 0.15) is 27.0 Å². The fourth-order valence-corrected chi connectivity index (χ4v) is 2.64. The van der Waals surface area contributed by atoms with Crippen LogP contribution in [0.3, 0.4) is 0 Å². The van der Waals surface area contributed by atoms with E-state index in [2.05, 4.69) is 15.7 Å². The fourth-order valence-electron chi connectivity index (χ4n) is 2.64. The zero-order valence-electron chi connectivity index (χ0n) is 17.0. The molecule has 1 N–H and O–H groups in total. The van der Waals surface area contributed by atoms with Gasteiger partial charge in [-0.05, 0) is 47.0 Å². The highest BCUT2D eigenvalue weighted by Gasteiger charge is 2.04. The van der Waals surface area contributed by atoms with Crippen molar-refractivity contribution in [3.05, 3.63) is 101 Å². The maximum absolute atomic E-state index is 12.2. The number of benzene rings is 3. The second-order valence-electron chi connectivity index (χ2n) is 6.80. The van der Waals surface area contributed by atoms with Gasteiger partial charge in [0.2, 0.25) is 0 Å². The first kappa shape index (κ1) is 20.8. The molecule has 3 rings (SSSR count). The Bertz CT molecular complexity index is 1010. The van der Waals surface area contributed by atoms with Crippen LogP contribution >= 0.6 is 0 Å². The molecule has 30 heavy (non-hydrogen) atoms. The van der Waals surface area contributed by atoms with Crippen molar-refractivity contribution in [1.82, 2.24) is 5.43 Å². The van der Waals surface area contributed by atoms with Crippen LogP contribution in [0.5, 0.6) is 0 Å². The molecular formula is C24H24N4O2. The number of carbonyl (C=O) groups excluding carboxylic acids is 1. The van der Waals surface area contributed by atoms with Crippen LogP contribution in [0, 0.1) is 0 Å². The summed E-state index contributed by atoms with van der Waals surface area (Å²) in [6.45, 7) is 0.417. The lowest BCUT2D eigenvalue weighted by atomic mass is 10.1. The highest BCUT2D eigenvalue weighted by atomic mass is 16.6. The Balaban J connectivity index is 1.52. The van der Waals surface area contributed by atoms with E-state index in [4.69, 9.17) is 4.84 Å². The van der Waals surface area contributed by atoms with Crippen molar-refractivity contribution in [3.63, 3.8) is 0 Å². The molecule has 0 spiro atoms. The molecule has 0 atom stereocenters. The lowest BCUT2D eigenvalue weighted by Crippen LogP contribution is -2.18. The summed E-state index contributed by atoms with van der Waals surface area (Å²) >= 11 is 0. The predicted molar refractivity (Wildman–Crippen MR) is 121 cm³/mol. The third-order valence-corrected chi connectivity index (χ3v) is 4.29. The molecule has 0 aliphatic heterocycles. The van der Waals surface area contributed by atoms with Crippen LogP contribution in [-0.2, 0) is 11.4 Å². The Labute approximate surface area is 176 Å². The van der Waals surface area contributed by atoms with E-state index < -0.39 is 0 Å². The molecule has 1 amide bonds. The average Bonchev–Trinajstić information content (AvgIpc) is 2.78. The van der Waals surface area contributed by atoms with Gasteiger partial charge >= 0.3 is 0 Å². The normalized spacial score (nSPS) is 11.0. The second-order valence-corrected chi connectivity index (χ2v) is 6.80. The Morgan fingerprint density at radius 3 is 2.33 bits per heavy atom. The van der Waals surface area contributed by atoms with Gasteiger partial charge in [0, 0.05) is 25.3 Å². The maximum atomic E-state index is 12.2. The number of nitrogens with zero attached hydrogens (tertiary/aromatic N) is 3. The van der Waals surface area contributed by atoms with Crippen LogP contribution in [0.25, 0.3) is 0 Å². The lowest BCUT2D eigenvalue weighted by Gasteiger charge is -2.12. The lowest BCUT2D eigenvalue weighted by molar-refractivity contribution is 0.0955. The minimum Gasteiger partial charge on any atom is -0.391 e. The van der Waals surface area contributed by atoms with Crippen molar-refractivity contribution in [1.29, 1.82) is 0 Å². The summed E-state index contributed by atoms with van der Waals surface area (Å²) in [6.07, 6.45) is 3.24. The van der Waals surface area contributed by atoms with E-state index in [0.29, 0.717) is 12.2 Å². The van der Waals surface area contributed by atoms with Crippen molar-refractivity contribution in [2.45, 2.75) is 6.61 Å². The summed E-state index contributed by atoms with van der Waals surface area (Å²) in [5.41, 5.74) is 6.89. The smallest absolute Gasteiger partial charge is 0.271 e. The van der Waals surface area contributed by atoms with Gasteiger partial charge in [0.05, 0.1) is 12.4 Å². The molecule has 0 fully saturated rings. The molecule has 0 aromatic heterocycles. The van der Waals surface area contributed by atoms with E-state index >= 15 is 0 Å². The van der Waals surface area contributed by atoms with Crippen molar-refractivity contribution < 1.29 is 9.63 Å². The molecule has 0 saturated heterocycles. The Kier molecular flexibility index (Phi) is 7.33. The number of hydrazone groups is 1. The van der Waals surface area contributed by atoms with Gasteiger partial charge in [0.15, 0.2) is 0 Å². The highest BCUT2D eigenvalue weighted by molar-refractivity contribution is 5.95. The van der Waals surface area contributed by atoms with Gasteiger partial charge in [-0.15, -0.1) is 0 Å². The van der Waals surface area contributed by atoms with E-state index in [-0.39, 0.29) is 5.91 Å². The van der Waals surface area contributed by atoms with Gasteiger partial charge < -0.3 is 9.74 Å². The van der Waals surface area contributed by atoms with Crippen LogP contribution < -0.4 is 10.3 Å². The van der Waals surface area contributed by atoms with E-state index in [1.807, 2.05) is 85.7 Å². The van der Waals surface area contributed by atoms with Crippen LogP contribution in [0.4, 0.5) is 5.69 Å². The molecule has 0 heterocycles. The molecule has 0 radical (unpaired) electrons. The largest absolute Gasteiger partial charge is 0.391 e. The first-order valence-corrected chi connectivity index (χ1v) is 9.52. The molecule has 0 unspecified atom stereocenters. The molecule has 0 aliphatic carbocycles. The Morgan fingerprint density at radius 1 is 0.933 bits per heavy atom. The summed E-state index contributed by atoms with van der Waals surface area (Å²) in [5, 5.41) is 8.04. The van der Waals surface area contributed by atoms with E-state index in [0.717, 1.165) is 22.4 Å². The molecule has 0 aliphatic rings. The van der Waals surface area contributed by atoms with Crippen LogP contribution in [0.15, 0.2) is 89.1 Å². The standard InChI is InChI=1S/C24H24N4O2/c1-28(2)23-13-11-22(12-14-23)24(29)27-25-16-20-9-6-10-21(15-20)17-26-30-18-19-7-4-3-5-8-19/h3-17H,18H2,1-2H3,(H,27,29). The summed E-state index contributed by atoms with van der Waals surface area (Å²) in [7, 11) is 3.90. The highest BCUT2D eigenvalue weighted by Crippen LogP contribution is 2.12.